The van der Waals surface area contributed by atoms with E-state index in [4.69, 9.17) is 4.74 Å². The maximum Gasteiger partial charge on any atom is 0.573 e. The summed E-state index contributed by atoms with van der Waals surface area (Å²) in [5.74, 6) is -0.715. The normalized spacial score (nSPS) is 11.5. The molecule has 0 radical (unpaired) electrons. The van der Waals surface area contributed by atoms with Crippen molar-refractivity contribution >= 4 is 16.9 Å². The summed E-state index contributed by atoms with van der Waals surface area (Å²) >= 11 is 0. The molecule has 0 fully saturated rings. The van der Waals surface area contributed by atoms with E-state index in [1.807, 2.05) is 31.2 Å². The summed E-state index contributed by atoms with van der Waals surface area (Å²) in [6.45, 7) is 2.40. The number of benzene rings is 3. The van der Waals surface area contributed by atoms with E-state index in [0.29, 0.717) is 28.8 Å². The molecule has 0 aliphatic rings. The molecular weight excluding hydrogens is 423 g/mol. The summed E-state index contributed by atoms with van der Waals surface area (Å²) in [5.41, 5.74) is 3.62. The minimum atomic E-state index is -4.77. The monoisotopic (exact) mass is 441 g/mol. The van der Waals surface area contributed by atoms with Crippen LogP contribution in [-0.4, -0.2) is 29.0 Å². The summed E-state index contributed by atoms with van der Waals surface area (Å²) in [4.78, 5) is 14.4. The predicted molar refractivity (Wildman–Crippen MR) is 114 cm³/mol. The summed E-state index contributed by atoms with van der Waals surface area (Å²) < 4.78 is 46.9. The number of ether oxygens (including phenoxy) is 2. The zero-order chi connectivity index (χ0) is 22.9. The second-order valence-electron chi connectivity index (χ2n) is 6.97. The Morgan fingerprint density at radius 2 is 1.56 bits per heavy atom. The van der Waals surface area contributed by atoms with E-state index in [0.717, 1.165) is 16.7 Å². The first kappa shape index (κ1) is 21.3. The van der Waals surface area contributed by atoms with Gasteiger partial charge in [0, 0.05) is 10.9 Å². The predicted octanol–water partition coefficient (Wildman–Crippen LogP) is 6.50. The quantitative estimate of drug-likeness (QED) is 0.358. The van der Waals surface area contributed by atoms with Gasteiger partial charge in [0.05, 0.1) is 6.61 Å². The van der Waals surface area contributed by atoms with Gasteiger partial charge in [0.15, 0.2) is 0 Å². The maximum atomic E-state index is 12.5. The Bertz CT molecular complexity index is 1260. The van der Waals surface area contributed by atoms with Crippen LogP contribution in [0.25, 0.3) is 33.2 Å². The molecule has 0 saturated carbocycles. The van der Waals surface area contributed by atoms with E-state index in [-0.39, 0.29) is 11.4 Å². The molecule has 0 saturated heterocycles. The molecule has 0 aliphatic carbocycles. The summed E-state index contributed by atoms with van der Waals surface area (Å²) in [6.07, 6.45) is -4.77. The Hall–Kier alpha value is -3.94. The summed E-state index contributed by atoms with van der Waals surface area (Å²) in [6, 6.07) is 18.0. The van der Waals surface area contributed by atoms with Crippen molar-refractivity contribution in [2.24, 2.45) is 0 Å². The van der Waals surface area contributed by atoms with E-state index in [9.17, 15) is 23.1 Å². The number of hydrogen-bond donors (Lipinski definition) is 2. The van der Waals surface area contributed by atoms with Gasteiger partial charge in [-0.2, -0.15) is 0 Å². The van der Waals surface area contributed by atoms with Crippen LogP contribution < -0.4 is 9.47 Å². The van der Waals surface area contributed by atoms with Crippen molar-refractivity contribution in [3.63, 3.8) is 0 Å². The summed E-state index contributed by atoms with van der Waals surface area (Å²) in [5, 5.41) is 10.1. The molecule has 32 heavy (non-hydrogen) atoms. The van der Waals surface area contributed by atoms with Crippen molar-refractivity contribution in [2.75, 3.05) is 6.61 Å². The van der Waals surface area contributed by atoms with E-state index in [1.165, 1.54) is 24.3 Å². The van der Waals surface area contributed by atoms with Crippen LogP contribution in [0.15, 0.2) is 66.7 Å². The molecule has 4 aromatic rings. The van der Waals surface area contributed by atoms with Crippen LogP contribution in [0.1, 0.15) is 17.4 Å². The Labute approximate surface area is 181 Å². The van der Waals surface area contributed by atoms with Gasteiger partial charge in [0.25, 0.3) is 0 Å². The number of carbonyl (C=O) groups is 1. The average molecular weight is 441 g/mol. The highest BCUT2D eigenvalue weighted by Crippen LogP contribution is 2.39. The van der Waals surface area contributed by atoms with Crippen molar-refractivity contribution in [1.29, 1.82) is 0 Å². The van der Waals surface area contributed by atoms with Crippen LogP contribution in [0.5, 0.6) is 11.5 Å². The van der Waals surface area contributed by atoms with Crippen LogP contribution in [0.2, 0.25) is 0 Å². The molecule has 0 amide bonds. The molecule has 8 heteroatoms. The van der Waals surface area contributed by atoms with Gasteiger partial charge in [-0.3, -0.25) is 0 Å². The van der Waals surface area contributed by atoms with Gasteiger partial charge in [-0.05, 0) is 65.6 Å². The third kappa shape index (κ3) is 4.39. The van der Waals surface area contributed by atoms with Crippen molar-refractivity contribution in [3.05, 3.63) is 72.4 Å². The first-order valence-electron chi connectivity index (χ1n) is 9.73. The number of aromatic nitrogens is 1. The van der Waals surface area contributed by atoms with Crippen LogP contribution in [0, 0.1) is 0 Å². The molecule has 5 nitrogen and oxygen atoms in total. The first-order chi connectivity index (χ1) is 15.2. The number of nitrogens with one attached hydrogen (secondary N) is 1. The third-order valence-electron chi connectivity index (χ3n) is 4.89. The number of fused-ring (bicyclic) bond motifs is 1. The van der Waals surface area contributed by atoms with Crippen LogP contribution in [0.3, 0.4) is 0 Å². The lowest BCUT2D eigenvalue weighted by Gasteiger charge is -2.14. The van der Waals surface area contributed by atoms with Gasteiger partial charge >= 0.3 is 12.3 Å². The van der Waals surface area contributed by atoms with E-state index in [2.05, 4.69) is 9.72 Å². The number of halogens is 3. The molecule has 2 N–H and O–H groups in total. The molecule has 0 bridgehead atoms. The fourth-order valence-corrected chi connectivity index (χ4v) is 3.59. The number of aromatic carboxylic acids is 1. The van der Waals surface area contributed by atoms with Crippen molar-refractivity contribution in [3.8, 4) is 33.8 Å². The van der Waals surface area contributed by atoms with Crippen LogP contribution >= 0.6 is 0 Å². The van der Waals surface area contributed by atoms with E-state index >= 15 is 0 Å². The third-order valence-corrected chi connectivity index (χ3v) is 4.89. The minimum Gasteiger partial charge on any atom is -0.494 e. The molecule has 0 spiro atoms. The zero-order valence-electron chi connectivity index (χ0n) is 16.9. The number of carboxylic acid groups (broad SMARTS) is 1. The minimum absolute atomic E-state index is 0.0401. The second kappa shape index (κ2) is 8.30. The topological polar surface area (TPSA) is 71.5 Å². The molecule has 4 rings (SSSR count). The first-order valence-corrected chi connectivity index (χ1v) is 9.73. The molecular formula is C24H18F3NO4. The highest BCUT2D eigenvalue weighted by molar-refractivity contribution is 6.06. The Morgan fingerprint density at radius 3 is 2.16 bits per heavy atom. The molecule has 1 heterocycles. The number of H-pyrrole nitrogens is 1. The van der Waals surface area contributed by atoms with Gasteiger partial charge in [-0.15, -0.1) is 13.2 Å². The number of aromatic amines is 1. The Morgan fingerprint density at radius 1 is 0.938 bits per heavy atom. The van der Waals surface area contributed by atoms with Crippen molar-refractivity contribution in [1.82, 2.24) is 4.98 Å². The lowest BCUT2D eigenvalue weighted by atomic mass is 9.91. The second-order valence-corrected chi connectivity index (χ2v) is 6.97. The lowest BCUT2D eigenvalue weighted by molar-refractivity contribution is -0.274. The van der Waals surface area contributed by atoms with Gasteiger partial charge < -0.3 is 19.6 Å². The highest BCUT2D eigenvalue weighted by atomic mass is 19.4. The van der Waals surface area contributed by atoms with E-state index < -0.39 is 12.3 Å². The standard InChI is InChI=1S/C24H18F3NO4/c1-2-31-16-7-5-15(6-8-16)22-18(11-12-20-19(22)13-21(28-20)23(29)30)14-3-9-17(10-4-14)32-24(25,26)27/h3-13,28H,2H2,1H3,(H,29,30). The number of alkyl halides is 3. The number of hydrogen-bond acceptors (Lipinski definition) is 3. The van der Waals surface area contributed by atoms with Gasteiger partial charge in [-0.25, -0.2) is 4.79 Å². The molecule has 164 valence electrons. The van der Waals surface area contributed by atoms with Crippen LogP contribution in [0.4, 0.5) is 13.2 Å². The van der Waals surface area contributed by atoms with E-state index in [1.54, 1.807) is 18.2 Å². The summed E-state index contributed by atoms with van der Waals surface area (Å²) in [7, 11) is 0. The van der Waals surface area contributed by atoms with Crippen molar-refractivity contribution in [2.45, 2.75) is 13.3 Å². The zero-order valence-corrected chi connectivity index (χ0v) is 16.9. The van der Waals surface area contributed by atoms with Crippen LogP contribution in [-0.2, 0) is 0 Å². The average Bonchev–Trinajstić information content (AvgIpc) is 3.18. The lowest BCUT2D eigenvalue weighted by Crippen LogP contribution is -2.16. The largest absolute Gasteiger partial charge is 0.573 e. The fraction of sp³-hybridized carbons (Fsp3) is 0.125. The van der Waals surface area contributed by atoms with Gasteiger partial charge in [0.2, 0.25) is 0 Å². The molecule has 0 atom stereocenters. The molecule has 1 aromatic heterocycles. The van der Waals surface area contributed by atoms with Crippen molar-refractivity contribution < 1.29 is 32.5 Å². The number of rotatable bonds is 6. The molecule has 3 aromatic carbocycles. The van der Waals surface area contributed by atoms with Gasteiger partial charge in [0.1, 0.15) is 17.2 Å². The maximum absolute atomic E-state index is 12.5. The Kier molecular flexibility index (Phi) is 5.52. The molecule has 0 aliphatic heterocycles. The number of carboxylic acids is 1. The van der Waals surface area contributed by atoms with Gasteiger partial charge in [-0.1, -0.05) is 30.3 Å². The smallest absolute Gasteiger partial charge is 0.494 e. The highest BCUT2D eigenvalue weighted by Gasteiger charge is 2.31. The fourth-order valence-electron chi connectivity index (χ4n) is 3.59. The Balaban J connectivity index is 1.86. The SMILES string of the molecule is CCOc1ccc(-c2c(-c3ccc(OC(F)(F)F)cc3)ccc3[nH]c(C(=O)O)cc23)cc1. The molecule has 0 unspecified atom stereocenters.